The van der Waals surface area contributed by atoms with Gasteiger partial charge in [0.2, 0.25) is 11.8 Å². The smallest absolute Gasteiger partial charge is 0.330 e. The summed E-state index contributed by atoms with van der Waals surface area (Å²) >= 11 is 0. The van der Waals surface area contributed by atoms with E-state index in [1.807, 2.05) is 24.3 Å². The van der Waals surface area contributed by atoms with Crippen LogP contribution in [0.5, 0.6) is 17.4 Å². The fourth-order valence-electron chi connectivity index (χ4n) is 5.13. The Morgan fingerprint density at radius 2 is 1.90 bits per heavy atom. The number of piperidine rings is 1. The van der Waals surface area contributed by atoms with Crippen molar-refractivity contribution in [1.82, 2.24) is 9.88 Å². The Kier molecular flexibility index (Phi) is 8.81. The van der Waals surface area contributed by atoms with E-state index in [0.29, 0.717) is 36.9 Å². The Hall–Kier alpha value is -4.11. The first-order chi connectivity index (χ1) is 19.5. The predicted molar refractivity (Wildman–Crippen MR) is 153 cm³/mol. The first kappa shape index (κ1) is 27.5. The fourth-order valence-corrected chi connectivity index (χ4v) is 5.13. The van der Waals surface area contributed by atoms with Crippen LogP contribution in [-0.2, 0) is 20.7 Å². The molecule has 0 aliphatic carbocycles. The molecule has 9 nitrogen and oxygen atoms in total. The molecule has 3 aromatic rings. The number of hydrogen-bond acceptors (Lipinski definition) is 8. The third kappa shape index (κ3) is 6.54. The number of amides is 1. The lowest BCUT2D eigenvalue weighted by molar-refractivity contribution is -0.137. The molecule has 0 radical (unpaired) electrons. The number of aromatic nitrogens is 1. The van der Waals surface area contributed by atoms with Crippen molar-refractivity contribution in [3.63, 3.8) is 0 Å². The average molecular weight is 546 g/mol. The van der Waals surface area contributed by atoms with Crippen LogP contribution in [0.25, 0.3) is 17.0 Å². The third-order valence-corrected chi connectivity index (χ3v) is 7.28. The van der Waals surface area contributed by atoms with Gasteiger partial charge in [0, 0.05) is 30.0 Å². The van der Waals surface area contributed by atoms with Gasteiger partial charge in [-0.1, -0.05) is 18.2 Å². The van der Waals surface area contributed by atoms with Gasteiger partial charge in [0.1, 0.15) is 13.2 Å². The number of likely N-dealkylation sites (tertiary alicyclic amines) is 1. The fraction of sp³-hybridized carbons (Fsp3) is 0.387. The summed E-state index contributed by atoms with van der Waals surface area (Å²) in [6.45, 7) is 5.91. The minimum Gasteiger partial charge on any atom is -0.486 e. The van der Waals surface area contributed by atoms with E-state index in [2.05, 4.69) is 27.3 Å². The minimum absolute atomic E-state index is 0.00720. The van der Waals surface area contributed by atoms with Crippen LogP contribution < -0.4 is 19.5 Å². The maximum Gasteiger partial charge on any atom is 0.330 e. The summed E-state index contributed by atoms with van der Waals surface area (Å²) in [5, 5.41) is 3.90. The van der Waals surface area contributed by atoms with Gasteiger partial charge in [-0.3, -0.25) is 4.79 Å². The molecule has 2 aromatic carbocycles. The topological polar surface area (TPSA) is 99.2 Å². The molecule has 210 valence electrons. The summed E-state index contributed by atoms with van der Waals surface area (Å²) in [6, 6.07) is 13.5. The summed E-state index contributed by atoms with van der Waals surface area (Å²) in [7, 11) is 1.54. The Balaban J connectivity index is 1.20. The van der Waals surface area contributed by atoms with E-state index in [0.717, 1.165) is 61.3 Å². The van der Waals surface area contributed by atoms with Crippen molar-refractivity contribution >= 4 is 34.5 Å². The van der Waals surface area contributed by atoms with Gasteiger partial charge in [0.25, 0.3) is 0 Å². The molecule has 2 aliphatic heterocycles. The van der Waals surface area contributed by atoms with E-state index in [1.165, 1.54) is 18.7 Å². The molecule has 0 atom stereocenters. The maximum atomic E-state index is 13.3. The van der Waals surface area contributed by atoms with Gasteiger partial charge in [0.05, 0.1) is 24.9 Å². The van der Waals surface area contributed by atoms with E-state index in [9.17, 15) is 9.59 Å². The molecule has 0 unspecified atom stereocenters. The number of nitrogens with one attached hydrogen (secondary N) is 1. The number of benzene rings is 2. The molecule has 1 N–H and O–H groups in total. The number of methoxy groups -OCH3 is 1. The summed E-state index contributed by atoms with van der Waals surface area (Å²) in [5.74, 6) is 1.52. The zero-order valence-electron chi connectivity index (χ0n) is 23.0. The molecule has 40 heavy (non-hydrogen) atoms. The Morgan fingerprint density at radius 1 is 1.10 bits per heavy atom. The van der Waals surface area contributed by atoms with Gasteiger partial charge in [-0.2, -0.15) is 0 Å². The summed E-state index contributed by atoms with van der Waals surface area (Å²) in [5.41, 5.74) is 3.19. The van der Waals surface area contributed by atoms with Crippen molar-refractivity contribution in [3.8, 4) is 17.4 Å². The molecule has 0 saturated carbocycles. The monoisotopic (exact) mass is 545 g/mol. The number of carbonyl (C=O) groups is 2. The van der Waals surface area contributed by atoms with Crippen LogP contribution in [0.1, 0.15) is 30.9 Å². The molecular weight excluding hydrogens is 510 g/mol. The predicted octanol–water partition coefficient (Wildman–Crippen LogP) is 4.48. The molecule has 3 heterocycles. The summed E-state index contributed by atoms with van der Waals surface area (Å²) < 4.78 is 21.7. The van der Waals surface area contributed by atoms with E-state index < -0.39 is 5.97 Å². The lowest BCUT2D eigenvalue weighted by atomic mass is 9.95. The van der Waals surface area contributed by atoms with Crippen molar-refractivity contribution in [1.29, 1.82) is 0 Å². The number of nitrogens with zero attached hydrogens (tertiary/aromatic N) is 2. The molecule has 1 fully saturated rings. The third-order valence-electron chi connectivity index (χ3n) is 7.28. The highest BCUT2D eigenvalue weighted by Crippen LogP contribution is 2.32. The van der Waals surface area contributed by atoms with E-state index in [4.69, 9.17) is 18.9 Å². The number of carbonyl (C=O) groups excluding carboxylic acids is 2. The Bertz CT molecular complexity index is 1400. The molecule has 1 amide bonds. The molecule has 1 saturated heterocycles. The van der Waals surface area contributed by atoms with Gasteiger partial charge in [-0.05, 0) is 74.7 Å². The van der Waals surface area contributed by atoms with Crippen molar-refractivity contribution in [3.05, 3.63) is 59.7 Å². The van der Waals surface area contributed by atoms with Crippen LogP contribution in [0.15, 0.2) is 48.5 Å². The number of ether oxygens (including phenoxy) is 4. The zero-order valence-corrected chi connectivity index (χ0v) is 23.0. The SMILES string of the molecule is CCOC(=O)/C=C/c1cc(OC)nc2c(NC(=O)C3CCN(CCc4ccc5c(c4)OCCO5)CC3)cccc12. The minimum atomic E-state index is -0.423. The van der Waals surface area contributed by atoms with Crippen LogP contribution in [0.3, 0.4) is 0 Å². The van der Waals surface area contributed by atoms with Crippen LogP contribution in [0, 0.1) is 5.92 Å². The normalized spacial score (nSPS) is 15.8. The number of anilines is 1. The standard InChI is InChI=1S/C31H35N3O6/c1-3-38-29(35)10-8-23-20-28(37-2)33-30-24(23)5-4-6-25(30)32-31(36)22-12-15-34(16-13-22)14-11-21-7-9-26-27(19-21)40-18-17-39-26/h4-10,19-20,22H,3,11-18H2,1-2H3,(H,32,36)/b10-8+. The van der Waals surface area contributed by atoms with E-state index in [1.54, 1.807) is 19.1 Å². The van der Waals surface area contributed by atoms with E-state index >= 15 is 0 Å². The Morgan fingerprint density at radius 3 is 2.67 bits per heavy atom. The van der Waals surface area contributed by atoms with Crippen LogP contribution >= 0.6 is 0 Å². The highest BCUT2D eigenvalue weighted by Gasteiger charge is 2.25. The van der Waals surface area contributed by atoms with Gasteiger partial charge < -0.3 is 29.2 Å². The second-order valence-corrected chi connectivity index (χ2v) is 9.87. The van der Waals surface area contributed by atoms with Gasteiger partial charge in [-0.25, -0.2) is 9.78 Å². The number of pyridine rings is 1. The molecule has 9 heteroatoms. The van der Waals surface area contributed by atoms with Crippen LogP contribution in [-0.4, -0.2) is 68.3 Å². The average Bonchev–Trinajstić information content (AvgIpc) is 2.99. The van der Waals surface area contributed by atoms with Crippen LogP contribution in [0.4, 0.5) is 5.69 Å². The second-order valence-electron chi connectivity index (χ2n) is 9.87. The van der Waals surface area contributed by atoms with Crippen molar-refractivity contribution in [2.75, 3.05) is 51.9 Å². The summed E-state index contributed by atoms with van der Waals surface area (Å²) in [4.78, 5) is 32.1. The molecular formula is C31H35N3O6. The van der Waals surface area contributed by atoms with Crippen molar-refractivity contribution < 1.29 is 28.5 Å². The molecule has 0 bridgehead atoms. The number of para-hydroxylation sites is 1. The quantitative estimate of drug-likeness (QED) is 0.310. The lowest BCUT2D eigenvalue weighted by Crippen LogP contribution is -2.39. The number of rotatable bonds is 9. The first-order valence-corrected chi connectivity index (χ1v) is 13.8. The van der Waals surface area contributed by atoms with Gasteiger partial charge in [-0.15, -0.1) is 0 Å². The largest absolute Gasteiger partial charge is 0.486 e. The van der Waals surface area contributed by atoms with Gasteiger partial charge >= 0.3 is 5.97 Å². The lowest BCUT2D eigenvalue weighted by Gasteiger charge is -2.31. The highest BCUT2D eigenvalue weighted by molar-refractivity contribution is 6.04. The molecule has 1 aromatic heterocycles. The second kappa shape index (κ2) is 12.8. The molecule has 0 spiro atoms. The van der Waals surface area contributed by atoms with E-state index in [-0.39, 0.29) is 11.8 Å². The number of esters is 1. The zero-order chi connectivity index (χ0) is 27.9. The molecule has 5 rings (SSSR count). The van der Waals surface area contributed by atoms with Gasteiger partial charge in [0.15, 0.2) is 11.5 Å². The first-order valence-electron chi connectivity index (χ1n) is 13.8. The number of fused-ring (bicyclic) bond motifs is 2. The number of hydrogen-bond donors (Lipinski definition) is 1. The highest BCUT2D eigenvalue weighted by atomic mass is 16.6. The molecule has 2 aliphatic rings. The maximum absolute atomic E-state index is 13.3. The van der Waals surface area contributed by atoms with Crippen molar-refractivity contribution in [2.24, 2.45) is 5.92 Å². The van der Waals surface area contributed by atoms with Crippen LogP contribution in [0.2, 0.25) is 0 Å². The van der Waals surface area contributed by atoms with Crippen molar-refractivity contribution in [2.45, 2.75) is 26.2 Å². The Labute approximate surface area is 234 Å². The summed E-state index contributed by atoms with van der Waals surface area (Å²) in [6.07, 6.45) is 5.56.